The lowest BCUT2D eigenvalue weighted by Gasteiger charge is -2.29. The van der Waals surface area contributed by atoms with Crippen molar-refractivity contribution in [1.29, 1.82) is 0 Å². The smallest absolute Gasteiger partial charge is 0.290 e. The molecule has 1 aromatic rings. The molecule has 3 N–H and O–H groups in total. The fourth-order valence-corrected chi connectivity index (χ4v) is 5.06. The Bertz CT molecular complexity index is 675. The van der Waals surface area contributed by atoms with Crippen molar-refractivity contribution in [2.24, 2.45) is 11.7 Å². The minimum absolute atomic E-state index is 0.141. The Hall–Kier alpha value is -1.22. The van der Waals surface area contributed by atoms with Crippen LogP contribution >= 0.6 is 11.6 Å². The van der Waals surface area contributed by atoms with Crippen molar-refractivity contribution >= 4 is 27.3 Å². The van der Waals surface area contributed by atoms with Crippen LogP contribution in [0.4, 0.5) is 5.69 Å². The van der Waals surface area contributed by atoms with Gasteiger partial charge in [0.1, 0.15) is 0 Å². The van der Waals surface area contributed by atoms with Crippen molar-refractivity contribution < 1.29 is 13.3 Å². The van der Waals surface area contributed by atoms with Crippen LogP contribution in [-0.4, -0.2) is 25.9 Å². The zero-order valence-corrected chi connectivity index (χ0v) is 14.1. The van der Waals surface area contributed by atoms with Gasteiger partial charge in [-0.2, -0.15) is 0 Å². The Kier molecular flexibility index (Phi) is 5.96. The number of rotatable bonds is 6. The lowest BCUT2D eigenvalue weighted by atomic mass is 9.84. The number of nitro benzene ring substituents is 1. The van der Waals surface area contributed by atoms with Gasteiger partial charge in [-0.15, -0.1) is 0 Å². The highest BCUT2D eigenvalue weighted by atomic mass is 35.5. The Morgan fingerprint density at radius 2 is 2.00 bits per heavy atom. The molecule has 128 valence electrons. The summed E-state index contributed by atoms with van der Waals surface area (Å²) in [6.07, 6.45) is 5.00. The van der Waals surface area contributed by atoms with E-state index in [0.717, 1.165) is 38.2 Å². The van der Waals surface area contributed by atoms with Gasteiger partial charge in [0.2, 0.25) is 10.0 Å². The number of hydrogen-bond acceptors (Lipinski definition) is 5. The van der Waals surface area contributed by atoms with Crippen LogP contribution in [0.5, 0.6) is 0 Å². The maximum atomic E-state index is 12.6. The first-order chi connectivity index (χ1) is 10.9. The Balaban J connectivity index is 2.32. The molecule has 0 aliphatic heterocycles. The number of nitrogens with zero attached hydrogens (tertiary/aromatic N) is 1. The molecule has 1 aliphatic carbocycles. The largest absolute Gasteiger partial charge is 0.329 e. The molecule has 1 atom stereocenters. The van der Waals surface area contributed by atoms with Crippen molar-refractivity contribution in [3.63, 3.8) is 0 Å². The molecule has 23 heavy (non-hydrogen) atoms. The minimum Gasteiger partial charge on any atom is -0.329 e. The van der Waals surface area contributed by atoms with Crippen LogP contribution in [0.2, 0.25) is 5.02 Å². The Morgan fingerprint density at radius 1 is 1.35 bits per heavy atom. The molecule has 1 unspecified atom stereocenters. The highest BCUT2D eigenvalue weighted by Crippen LogP contribution is 2.32. The number of sulfonamides is 1. The van der Waals surface area contributed by atoms with Crippen LogP contribution in [-0.2, 0) is 10.0 Å². The molecule has 0 radical (unpaired) electrons. The van der Waals surface area contributed by atoms with Gasteiger partial charge in [-0.1, -0.05) is 36.9 Å². The lowest BCUT2D eigenvalue weighted by molar-refractivity contribution is -0.387. The number of nitrogens with two attached hydrogens (primary N) is 1. The topological polar surface area (TPSA) is 115 Å². The molecule has 1 aliphatic rings. The molecule has 0 bridgehead atoms. The van der Waals surface area contributed by atoms with Gasteiger partial charge >= 0.3 is 0 Å². The highest BCUT2D eigenvalue weighted by molar-refractivity contribution is 7.89. The molecule has 0 heterocycles. The third kappa shape index (κ3) is 4.20. The number of hydrogen-bond donors (Lipinski definition) is 2. The lowest BCUT2D eigenvalue weighted by Crippen LogP contribution is -2.46. The molecule has 0 spiro atoms. The van der Waals surface area contributed by atoms with E-state index in [2.05, 4.69) is 4.72 Å². The van der Waals surface area contributed by atoms with Gasteiger partial charge in [-0.05, 0) is 24.8 Å². The average molecular weight is 362 g/mol. The van der Waals surface area contributed by atoms with Gasteiger partial charge in [-0.25, -0.2) is 13.1 Å². The first kappa shape index (κ1) is 18.1. The third-order valence-electron chi connectivity index (χ3n) is 4.19. The van der Waals surface area contributed by atoms with E-state index in [1.165, 1.54) is 12.1 Å². The monoisotopic (exact) mass is 361 g/mol. The predicted octanol–water partition coefficient (Wildman–Crippen LogP) is 2.43. The van der Waals surface area contributed by atoms with Crippen LogP contribution < -0.4 is 10.5 Å². The molecular formula is C14H20ClN3O4S. The second kappa shape index (κ2) is 7.57. The summed E-state index contributed by atoms with van der Waals surface area (Å²) in [5.41, 5.74) is 5.19. The van der Waals surface area contributed by atoms with Crippen molar-refractivity contribution in [1.82, 2.24) is 4.72 Å². The van der Waals surface area contributed by atoms with Crippen molar-refractivity contribution in [3.8, 4) is 0 Å². The van der Waals surface area contributed by atoms with E-state index < -0.39 is 31.6 Å². The number of halogens is 1. The molecule has 1 fully saturated rings. The molecule has 7 nitrogen and oxygen atoms in total. The molecule has 0 amide bonds. The van der Waals surface area contributed by atoms with Gasteiger partial charge in [-0.3, -0.25) is 10.1 Å². The normalized spacial score (nSPS) is 17.8. The summed E-state index contributed by atoms with van der Waals surface area (Å²) >= 11 is 5.92. The zero-order chi connectivity index (χ0) is 17.0. The van der Waals surface area contributed by atoms with Gasteiger partial charge in [0.05, 0.1) is 9.95 Å². The standard InChI is InChI=1S/C14H20ClN3O4S/c15-11-7-4-8-13(18(19)20)14(11)23(21,22)17-12(9-16)10-5-2-1-3-6-10/h4,7-8,10,12,17H,1-3,5-6,9,16H2. The summed E-state index contributed by atoms with van der Waals surface area (Å²) in [7, 11) is -4.13. The molecule has 2 rings (SSSR count). The van der Waals surface area contributed by atoms with Crippen molar-refractivity contribution in [3.05, 3.63) is 33.3 Å². The summed E-state index contributed by atoms with van der Waals surface area (Å²) in [4.78, 5) is 9.86. The van der Waals surface area contributed by atoms with E-state index in [0.29, 0.717) is 0 Å². The van der Waals surface area contributed by atoms with Gasteiger partial charge < -0.3 is 5.73 Å². The summed E-state index contributed by atoms with van der Waals surface area (Å²) < 4.78 is 27.8. The van der Waals surface area contributed by atoms with Gasteiger partial charge in [0.25, 0.3) is 5.69 Å². The molecule has 1 aromatic carbocycles. The number of nitro groups is 1. The van der Waals surface area contributed by atoms with Gasteiger partial charge in [0.15, 0.2) is 4.90 Å². The minimum atomic E-state index is -4.13. The Morgan fingerprint density at radius 3 is 2.57 bits per heavy atom. The van der Waals surface area contributed by atoms with Crippen LogP contribution in [0.3, 0.4) is 0 Å². The first-order valence-corrected chi connectivity index (χ1v) is 9.38. The van der Waals surface area contributed by atoms with E-state index in [1.54, 1.807) is 0 Å². The molecule has 0 saturated heterocycles. The van der Waals surface area contributed by atoms with Gasteiger partial charge in [0, 0.05) is 18.7 Å². The summed E-state index contributed by atoms with van der Waals surface area (Å²) in [5.74, 6) is 0.144. The summed E-state index contributed by atoms with van der Waals surface area (Å²) in [6, 6.07) is 3.34. The van der Waals surface area contributed by atoms with Crippen LogP contribution in [0.25, 0.3) is 0 Å². The average Bonchev–Trinajstić information content (AvgIpc) is 2.53. The van der Waals surface area contributed by atoms with E-state index in [9.17, 15) is 18.5 Å². The fraction of sp³-hybridized carbons (Fsp3) is 0.571. The zero-order valence-electron chi connectivity index (χ0n) is 12.6. The second-order valence-corrected chi connectivity index (χ2v) is 7.76. The van der Waals surface area contributed by atoms with Crippen molar-refractivity contribution in [2.45, 2.75) is 43.0 Å². The van der Waals surface area contributed by atoms with E-state index in [4.69, 9.17) is 17.3 Å². The first-order valence-electron chi connectivity index (χ1n) is 7.52. The van der Waals surface area contributed by atoms with Crippen LogP contribution in [0.15, 0.2) is 23.1 Å². The maximum Gasteiger partial charge on any atom is 0.290 e. The summed E-state index contributed by atoms with van der Waals surface area (Å²) in [5, 5.41) is 10.9. The van der Waals surface area contributed by atoms with Crippen LogP contribution in [0, 0.1) is 16.0 Å². The van der Waals surface area contributed by atoms with E-state index in [1.807, 2.05) is 0 Å². The molecule has 0 aromatic heterocycles. The molecule has 1 saturated carbocycles. The van der Waals surface area contributed by atoms with Crippen molar-refractivity contribution in [2.75, 3.05) is 6.54 Å². The predicted molar refractivity (Wildman–Crippen MR) is 87.8 cm³/mol. The SMILES string of the molecule is NCC(NS(=O)(=O)c1c(Cl)cccc1[N+](=O)[O-])C1CCCCC1. The van der Waals surface area contributed by atoms with E-state index >= 15 is 0 Å². The van der Waals surface area contributed by atoms with E-state index in [-0.39, 0.29) is 17.5 Å². The van der Waals surface area contributed by atoms with Crippen LogP contribution in [0.1, 0.15) is 32.1 Å². The fourth-order valence-electron chi connectivity index (χ4n) is 3.04. The third-order valence-corrected chi connectivity index (χ3v) is 6.20. The summed E-state index contributed by atoms with van der Waals surface area (Å²) in [6.45, 7) is 0.141. The quantitative estimate of drug-likeness (QED) is 0.596. The second-order valence-electron chi connectivity index (χ2n) is 5.71. The highest BCUT2D eigenvalue weighted by Gasteiger charge is 2.33. The maximum absolute atomic E-state index is 12.6. The number of benzene rings is 1. The molecule has 9 heteroatoms. The Labute approximate surface area is 140 Å². The number of nitrogens with one attached hydrogen (secondary N) is 1. The molecular weight excluding hydrogens is 342 g/mol.